The molecule has 1 atom stereocenters. The standard InChI is InChI=1S/C11H19N3O/c1-5-10(9(4)15)6-11-12-7-13-14(11)8(2)3/h7-8,10H,5-6H2,1-4H3. The van der Waals surface area contributed by atoms with Crippen molar-refractivity contribution in [3.05, 3.63) is 12.2 Å². The first-order chi connectivity index (χ1) is 7.06. The maximum absolute atomic E-state index is 11.3. The summed E-state index contributed by atoms with van der Waals surface area (Å²) in [6, 6.07) is 0.298. The molecule has 1 heterocycles. The van der Waals surface area contributed by atoms with Gasteiger partial charge in [-0.25, -0.2) is 9.67 Å². The van der Waals surface area contributed by atoms with Crippen LogP contribution in [0, 0.1) is 5.92 Å². The molecule has 0 aromatic carbocycles. The first-order valence-electron chi connectivity index (χ1n) is 5.45. The lowest BCUT2D eigenvalue weighted by Crippen LogP contribution is -2.17. The number of hydrogen-bond acceptors (Lipinski definition) is 3. The summed E-state index contributed by atoms with van der Waals surface area (Å²) in [5.41, 5.74) is 0. The highest BCUT2D eigenvalue weighted by atomic mass is 16.1. The lowest BCUT2D eigenvalue weighted by molar-refractivity contribution is -0.120. The van der Waals surface area contributed by atoms with Crippen molar-refractivity contribution in [2.75, 3.05) is 0 Å². The smallest absolute Gasteiger partial charge is 0.138 e. The molecule has 0 radical (unpaired) electrons. The van der Waals surface area contributed by atoms with Gasteiger partial charge in [0.15, 0.2) is 0 Å². The minimum atomic E-state index is 0.0756. The molecule has 1 aromatic heterocycles. The van der Waals surface area contributed by atoms with Crippen molar-refractivity contribution in [3.63, 3.8) is 0 Å². The van der Waals surface area contributed by atoms with Gasteiger partial charge in [0, 0.05) is 18.4 Å². The van der Waals surface area contributed by atoms with Crippen molar-refractivity contribution in [2.24, 2.45) is 5.92 Å². The molecular weight excluding hydrogens is 190 g/mol. The van der Waals surface area contributed by atoms with E-state index in [1.165, 1.54) is 0 Å². The highest BCUT2D eigenvalue weighted by Gasteiger charge is 2.17. The molecule has 4 heteroatoms. The van der Waals surface area contributed by atoms with Crippen molar-refractivity contribution in [1.82, 2.24) is 14.8 Å². The zero-order chi connectivity index (χ0) is 11.4. The summed E-state index contributed by atoms with van der Waals surface area (Å²) >= 11 is 0. The molecule has 0 fully saturated rings. The topological polar surface area (TPSA) is 47.8 Å². The van der Waals surface area contributed by atoms with E-state index in [0.717, 1.165) is 12.2 Å². The van der Waals surface area contributed by atoms with Crippen molar-refractivity contribution in [2.45, 2.75) is 46.6 Å². The summed E-state index contributed by atoms with van der Waals surface area (Å²) < 4.78 is 1.88. The number of carbonyl (C=O) groups is 1. The Balaban J connectivity index is 2.79. The molecule has 0 aliphatic carbocycles. The highest BCUT2D eigenvalue weighted by Crippen LogP contribution is 2.13. The van der Waals surface area contributed by atoms with E-state index in [-0.39, 0.29) is 11.7 Å². The van der Waals surface area contributed by atoms with Crippen molar-refractivity contribution in [3.8, 4) is 0 Å². The van der Waals surface area contributed by atoms with Crippen LogP contribution < -0.4 is 0 Å². The molecule has 0 bridgehead atoms. The van der Waals surface area contributed by atoms with E-state index in [2.05, 4.69) is 23.9 Å². The van der Waals surface area contributed by atoms with Gasteiger partial charge in [-0.2, -0.15) is 5.10 Å². The second-order valence-corrected chi connectivity index (χ2v) is 4.13. The summed E-state index contributed by atoms with van der Waals surface area (Å²) in [5, 5.41) is 4.16. The molecule has 1 aromatic rings. The lowest BCUT2D eigenvalue weighted by atomic mass is 9.98. The molecule has 84 valence electrons. The van der Waals surface area contributed by atoms with Gasteiger partial charge in [-0.15, -0.1) is 0 Å². The predicted octanol–water partition coefficient (Wildman–Crippen LogP) is 2.02. The molecule has 1 rings (SSSR count). The fourth-order valence-corrected chi connectivity index (χ4v) is 1.65. The zero-order valence-electron chi connectivity index (χ0n) is 9.90. The van der Waals surface area contributed by atoms with E-state index in [4.69, 9.17) is 0 Å². The van der Waals surface area contributed by atoms with Crippen LogP contribution in [0.4, 0.5) is 0 Å². The number of rotatable bonds is 5. The normalized spacial score (nSPS) is 13.1. The quantitative estimate of drug-likeness (QED) is 0.745. The second-order valence-electron chi connectivity index (χ2n) is 4.13. The molecule has 1 unspecified atom stereocenters. The Morgan fingerprint density at radius 3 is 2.67 bits per heavy atom. The third-order valence-corrected chi connectivity index (χ3v) is 2.63. The van der Waals surface area contributed by atoms with Gasteiger partial charge in [-0.3, -0.25) is 4.79 Å². The van der Waals surface area contributed by atoms with E-state index in [0.29, 0.717) is 12.5 Å². The van der Waals surface area contributed by atoms with Gasteiger partial charge in [-0.1, -0.05) is 6.92 Å². The summed E-state index contributed by atoms with van der Waals surface area (Å²) in [4.78, 5) is 15.5. The monoisotopic (exact) mass is 209 g/mol. The predicted molar refractivity (Wildman–Crippen MR) is 58.6 cm³/mol. The first kappa shape index (κ1) is 11.9. The Labute approximate surface area is 90.7 Å². The number of Topliss-reactive ketones (excluding diaryl/α,β-unsaturated/α-hetero) is 1. The molecule has 0 N–H and O–H groups in total. The summed E-state index contributed by atoms with van der Waals surface area (Å²) in [7, 11) is 0. The summed E-state index contributed by atoms with van der Waals surface area (Å²) in [5.74, 6) is 1.22. The van der Waals surface area contributed by atoms with Crippen LogP contribution in [0.15, 0.2) is 6.33 Å². The molecule has 0 saturated heterocycles. The van der Waals surface area contributed by atoms with Crippen molar-refractivity contribution < 1.29 is 4.79 Å². The third kappa shape index (κ3) is 2.88. The minimum absolute atomic E-state index is 0.0756. The summed E-state index contributed by atoms with van der Waals surface area (Å²) in [6.07, 6.45) is 3.12. The molecule has 0 aliphatic heterocycles. The van der Waals surface area contributed by atoms with Gasteiger partial charge in [0.1, 0.15) is 17.9 Å². The largest absolute Gasteiger partial charge is 0.300 e. The van der Waals surface area contributed by atoms with Gasteiger partial charge in [-0.05, 0) is 27.2 Å². The Morgan fingerprint density at radius 2 is 2.20 bits per heavy atom. The maximum Gasteiger partial charge on any atom is 0.138 e. The van der Waals surface area contributed by atoms with Gasteiger partial charge < -0.3 is 0 Å². The number of carbonyl (C=O) groups excluding carboxylic acids is 1. The van der Waals surface area contributed by atoms with Crippen LogP contribution in [0.5, 0.6) is 0 Å². The Kier molecular flexibility index (Phi) is 4.00. The first-order valence-corrected chi connectivity index (χ1v) is 5.45. The average Bonchev–Trinajstić information content (AvgIpc) is 2.61. The summed E-state index contributed by atoms with van der Waals surface area (Å²) in [6.45, 7) is 7.80. The molecule has 15 heavy (non-hydrogen) atoms. The van der Waals surface area contributed by atoms with E-state index < -0.39 is 0 Å². The number of nitrogens with zero attached hydrogens (tertiary/aromatic N) is 3. The van der Waals surface area contributed by atoms with Crippen LogP contribution in [0.25, 0.3) is 0 Å². The number of ketones is 1. The third-order valence-electron chi connectivity index (χ3n) is 2.63. The Morgan fingerprint density at radius 1 is 1.53 bits per heavy atom. The minimum Gasteiger partial charge on any atom is -0.300 e. The SMILES string of the molecule is CCC(Cc1ncnn1C(C)C)C(C)=O. The number of hydrogen-bond donors (Lipinski definition) is 0. The molecule has 0 amide bonds. The van der Waals surface area contributed by atoms with Crippen molar-refractivity contribution >= 4 is 5.78 Å². The van der Waals surface area contributed by atoms with E-state index in [1.807, 2.05) is 11.6 Å². The van der Waals surface area contributed by atoms with Gasteiger partial charge in [0.05, 0.1) is 0 Å². The van der Waals surface area contributed by atoms with Crippen LogP contribution in [0.3, 0.4) is 0 Å². The van der Waals surface area contributed by atoms with Crippen LogP contribution in [-0.4, -0.2) is 20.5 Å². The maximum atomic E-state index is 11.3. The second kappa shape index (κ2) is 5.05. The van der Waals surface area contributed by atoms with Crippen molar-refractivity contribution in [1.29, 1.82) is 0 Å². The van der Waals surface area contributed by atoms with E-state index >= 15 is 0 Å². The lowest BCUT2D eigenvalue weighted by Gasteiger charge is -2.13. The van der Waals surface area contributed by atoms with Gasteiger partial charge >= 0.3 is 0 Å². The van der Waals surface area contributed by atoms with Crippen LogP contribution in [-0.2, 0) is 11.2 Å². The Hall–Kier alpha value is -1.19. The number of aromatic nitrogens is 3. The van der Waals surface area contributed by atoms with Crippen LogP contribution in [0.1, 0.15) is 46.0 Å². The molecule has 0 saturated carbocycles. The molecule has 4 nitrogen and oxygen atoms in total. The highest BCUT2D eigenvalue weighted by molar-refractivity contribution is 5.78. The van der Waals surface area contributed by atoms with E-state index in [9.17, 15) is 4.79 Å². The fraction of sp³-hybridized carbons (Fsp3) is 0.727. The molecule has 0 aliphatic rings. The van der Waals surface area contributed by atoms with E-state index in [1.54, 1.807) is 13.3 Å². The zero-order valence-corrected chi connectivity index (χ0v) is 9.90. The van der Waals surface area contributed by atoms with Gasteiger partial charge in [0.25, 0.3) is 0 Å². The van der Waals surface area contributed by atoms with Crippen LogP contribution >= 0.6 is 0 Å². The Bertz CT molecular complexity index is 330. The molecule has 0 spiro atoms. The fourth-order valence-electron chi connectivity index (χ4n) is 1.65. The van der Waals surface area contributed by atoms with Crippen LogP contribution in [0.2, 0.25) is 0 Å². The average molecular weight is 209 g/mol. The van der Waals surface area contributed by atoms with Gasteiger partial charge in [0.2, 0.25) is 0 Å². The molecular formula is C11H19N3O.